The van der Waals surface area contributed by atoms with Gasteiger partial charge >= 0.3 is 0 Å². The second kappa shape index (κ2) is 7.60. The second-order valence-corrected chi connectivity index (χ2v) is 7.59. The molecule has 0 fully saturated rings. The molecular formula is C20H22N2O4S. The van der Waals surface area contributed by atoms with Gasteiger partial charge in [-0.05, 0) is 51.8 Å². The lowest BCUT2D eigenvalue weighted by Crippen LogP contribution is -2.54. The number of ether oxygens (including phenoxy) is 1. The number of hydrogen-bond acceptors (Lipinski definition) is 6. The van der Waals surface area contributed by atoms with Crippen LogP contribution in [0, 0.1) is 0 Å². The van der Waals surface area contributed by atoms with Crippen molar-refractivity contribution < 1.29 is 19.1 Å². The number of ketones is 2. The topological polar surface area (TPSA) is 76.6 Å². The van der Waals surface area contributed by atoms with E-state index in [0.717, 1.165) is 29.1 Å². The number of carbonyl (C=O) groups is 3. The molecule has 2 heterocycles. The van der Waals surface area contributed by atoms with E-state index in [1.165, 1.54) is 18.7 Å². The summed E-state index contributed by atoms with van der Waals surface area (Å²) in [4.78, 5) is 42.9. The molecule has 0 saturated heterocycles. The SMILES string of the molecule is CCCc1nc(-c2ccc3c(c2)N(C(C(C)=O)C(C)=O)C(=O)C(C)O3)cs1. The third kappa shape index (κ3) is 3.64. The minimum absolute atomic E-state index is 0.375. The summed E-state index contributed by atoms with van der Waals surface area (Å²) in [7, 11) is 0. The van der Waals surface area contributed by atoms with E-state index in [1.54, 1.807) is 30.4 Å². The molecule has 1 aliphatic heterocycles. The van der Waals surface area contributed by atoms with Gasteiger partial charge in [0.2, 0.25) is 0 Å². The van der Waals surface area contributed by atoms with Crippen molar-refractivity contribution in [3.63, 3.8) is 0 Å². The highest BCUT2D eigenvalue weighted by Crippen LogP contribution is 2.39. The zero-order valence-electron chi connectivity index (χ0n) is 15.8. The van der Waals surface area contributed by atoms with E-state index in [0.29, 0.717) is 11.4 Å². The van der Waals surface area contributed by atoms with Gasteiger partial charge in [-0.3, -0.25) is 19.3 Å². The molecule has 1 amide bonds. The zero-order chi connectivity index (χ0) is 19.7. The fourth-order valence-electron chi connectivity index (χ4n) is 3.21. The summed E-state index contributed by atoms with van der Waals surface area (Å²) in [5.41, 5.74) is 2.05. The summed E-state index contributed by atoms with van der Waals surface area (Å²) in [5.74, 6) is -0.678. The van der Waals surface area contributed by atoms with Crippen LogP contribution in [0.25, 0.3) is 11.3 Å². The molecule has 1 unspecified atom stereocenters. The number of benzene rings is 1. The first-order valence-corrected chi connectivity index (χ1v) is 9.81. The fraction of sp³-hybridized carbons (Fsp3) is 0.400. The number of thiazole rings is 1. The molecule has 2 aromatic rings. The summed E-state index contributed by atoms with van der Waals surface area (Å²) in [5, 5.41) is 3.02. The highest BCUT2D eigenvalue weighted by atomic mass is 32.1. The molecule has 27 heavy (non-hydrogen) atoms. The molecule has 142 valence electrons. The first-order valence-electron chi connectivity index (χ1n) is 8.93. The summed E-state index contributed by atoms with van der Waals surface area (Å²) in [6, 6.07) is 4.25. The third-order valence-corrected chi connectivity index (χ3v) is 5.36. The predicted molar refractivity (Wildman–Crippen MR) is 104 cm³/mol. The molecule has 1 aromatic heterocycles. The van der Waals surface area contributed by atoms with Crippen molar-refractivity contribution in [2.45, 2.75) is 52.7 Å². The van der Waals surface area contributed by atoms with Crippen LogP contribution >= 0.6 is 11.3 Å². The molecule has 0 saturated carbocycles. The van der Waals surface area contributed by atoms with E-state index in [4.69, 9.17) is 4.74 Å². The Morgan fingerprint density at radius 2 is 2.00 bits per heavy atom. The maximum atomic E-state index is 12.8. The Kier molecular flexibility index (Phi) is 5.41. The lowest BCUT2D eigenvalue weighted by atomic mass is 10.0. The van der Waals surface area contributed by atoms with Gasteiger partial charge in [0.15, 0.2) is 23.7 Å². The van der Waals surface area contributed by atoms with Gasteiger partial charge in [-0.15, -0.1) is 11.3 Å². The maximum Gasteiger partial charge on any atom is 0.268 e. The minimum atomic E-state index is -1.15. The van der Waals surface area contributed by atoms with Crippen LogP contribution in [-0.4, -0.2) is 34.6 Å². The van der Waals surface area contributed by atoms with Gasteiger partial charge in [0.25, 0.3) is 5.91 Å². The monoisotopic (exact) mass is 386 g/mol. The lowest BCUT2D eigenvalue weighted by Gasteiger charge is -2.36. The molecule has 3 rings (SSSR count). The zero-order valence-corrected chi connectivity index (χ0v) is 16.6. The maximum absolute atomic E-state index is 12.8. The van der Waals surface area contributed by atoms with E-state index < -0.39 is 18.1 Å². The van der Waals surface area contributed by atoms with Gasteiger partial charge < -0.3 is 4.74 Å². The molecule has 0 spiro atoms. The molecule has 6 nitrogen and oxygen atoms in total. The Bertz CT molecular complexity index is 891. The Morgan fingerprint density at radius 1 is 1.30 bits per heavy atom. The molecule has 0 aliphatic carbocycles. The number of anilines is 1. The molecule has 0 radical (unpaired) electrons. The quantitative estimate of drug-likeness (QED) is 0.711. The summed E-state index contributed by atoms with van der Waals surface area (Å²) in [6.45, 7) is 6.35. The van der Waals surface area contributed by atoms with Crippen LogP contribution in [0.1, 0.15) is 39.1 Å². The second-order valence-electron chi connectivity index (χ2n) is 6.65. The van der Waals surface area contributed by atoms with Gasteiger partial charge in [0.1, 0.15) is 5.75 Å². The van der Waals surface area contributed by atoms with Crippen LogP contribution < -0.4 is 9.64 Å². The van der Waals surface area contributed by atoms with Crippen LogP contribution in [0.4, 0.5) is 5.69 Å². The molecule has 1 aliphatic rings. The van der Waals surface area contributed by atoms with Crippen LogP contribution in [0.5, 0.6) is 5.75 Å². The largest absolute Gasteiger partial charge is 0.479 e. The molecule has 0 bridgehead atoms. The molecular weight excluding hydrogens is 364 g/mol. The van der Waals surface area contributed by atoms with Crippen molar-refractivity contribution in [1.82, 2.24) is 4.98 Å². The summed E-state index contributed by atoms with van der Waals surface area (Å²) in [6.07, 6.45) is 1.17. The highest BCUT2D eigenvalue weighted by molar-refractivity contribution is 7.09. The molecule has 0 N–H and O–H groups in total. The van der Waals surface area contributed by atoms with E-state index in [1.807, 2.05) is 11.4 Å². The van der Waals surface area contributed by atoms with Crippen molar-refractivity contribution >= 4 is 34.5 Å². The van der Waals surface area contributed by atoms with Gasteiger partial charge in [0, 0.05) is 10.9 Å². The highest BCUT2D eigenvalue weighted by Gasteiger charge is 2.40. The summed E-state index contributed by atoms with van der Waals surface area (Å²) < 4.78 is 5.69. The van der Waals surface area contributed by atoms with Gasteiger partial charge in [-0.2, -0.15) is 0 Å². The van der Waals surface area contributed by atoms with Gasteiger partial charge in [-0.25, -0.2) is 4.98 Å². The Hall–Kier alpha value is -2.54. The number of fused-ring (bicyclic) bond motifs is 1. The molecule has 7 heteroatoms. The van der Waals surface area contributed by atoms with Crippen LogP contribution in [-0.2, 0) is 20.8 Å². The van der Waals surface area contributed by atoms with Crippen molar-refractivity contribution in [1.29, 1.82) is 0 Å². The van der Waals surface area contributed by atoms with Crippen molar-refractivity contribution in [3.8, 4) is 17.0 Å². The average Bonchev–Trinajstić information content (AvgIpc) is 3.07. The smallest absolute Gasteiger partial charge is 0.268 e. The van der Waals surface area contributed by atoms with Crippen LogP contribution in [0.15, 0.2) is 23.6 Å². The van der Waals surface area contributed by atoms with Gasteiger partial charge in [0.05, 0.1) is 16.4 Å². The normalized spacial score (nSPS) is 16.3. The standard InChI is InChI=1S/C20H22N2O4S/c1-5-6-18-21-15(10-27-18)14-7-8-17-16(9-14)22(20(25)13(4)26-17)19(11(2)23)12(3)24/h7-10,13,19H,5-6H2,1-4H3. The predicted octanol–water partition coefficient (Wildman–Crippen LogP) is 3.42. The number of aryl methyl sites for hydroxylation is 1. The number of rotatable bonds is 6. The van der Waals surface area contributed by atoms with E-state index in [9.17, 15) is 14.4 Å². The fourth-order valence-corrected chi connectivity index (χ4v) is 4.12. The van der Waals surface area contributed by atoms with Crippen LogP contribution in [0.3, 0.4) is 0 Å². The Labute approximate surface area is 162 Å². The average molecular weight is 386 g/mol. The van der Waals surface area contributed by atoms with Crippen molar-refractivity contribution in [3.05, 3.63) is 28.6 Å². The van der Waals surface area contributed by atoms with Crippen LogP contribution in [0.2, 0.25) is 0 Å². The van der Waals surface area contributed by atoms with Crippen molar-refractivity contribution in [2.75, 3.05) is 4.90 Å². The van der Waals surface area contributed by atoms with E-state index in [2.05, 4.69) is 11.9 Å². The molecule has 1 atom stereocenters. The number of nitrogens with zero attached hydrogens (tertiary/aromatic N) is 2. The number of Topliss-reactive ketones (excluding diaryl/α,β-unsaturated/α-hetero) is 2. The van der Waals surface area contributed by atoms with E-state index >= 15 is 0 Å². The Balaban J connectivity index is 2.09. The molecule has 1 aromatic carbocycles. The van der Waals surface area contributed by atoms with Gasteiger partial charge in [-0.1, -0.05) is 6.92 Å². The minimum Gasteiger partial charge on any atom is -0.479 e. The lowest BCUT2D eigenvalue weighted by molar-refractivity contribution is -0.133. The third-order valence-electron chi connectivity index (χ3n) is 4.45. The first-order chi connectivity index (χ1) is 12.8. The van der Waals surface area contributed by atoms with Crippen molar-refractivity contribution in [2.24, 2.45) is 0 Å². The summed E-state index contributed by atoms with van der Waals surface area (Å²) >= 11 is 1.59. The number of carbonyl (C=O) groups excluding carboxylic acids is 3. The number of aromatic nitrogens is 1. The number of amides is 1. The first kappa shape index (κ1) is 19.2. The Morgan fingerprint density at radius 3 is 2.63 bits per heavy atom. The number of hydrogen-bond donors (Lipinski definition) is 0. The van der Waals surface area contributed by atoms with E-state index in [-0.39, 0.29) is 11.6 Å².